The molecule has 0 bridgehead atoms. The molecule has 4 aromatic rings. The van der Waals surface area contributed by atoms with Crippen LogP contribution in [-0.2, 0) is 11.2 Å². The van der Waals surface area contributed by atoms with E-state index >= 15 is 0 Å². The van der Waals surface area contributed by atoms with Crippen molar-refractivity contribution < 1.29 is 19.4 Å². The van der Waals surface area contributed by atoms with Crippen molar-refractivity contribution in [3.05, 3.63) is 53.3 Å². The molecule has 0 radical (unpaired) electrons. The van der Waals surface area contributed by atoms with Crippen LogP contribution >= 0.6 is 0 Å². The molecule has 1 aromatic carbocycles. The summed E-state index contributed by atoms with van der Waals surface area (Å²) in [6.45, 7) is 25.2. The SMILES string of the molecule is CCc1c(-c2c(C)cnc3c2ccn3[Si](C(C)C)(C(C)C)C(C)C)n(C(=O)O)c2ccc(C3CCN(C(=O)OC(C)(C)C)CC3)cc12. The molecule has 9 heteroatoms. The Kier molecular flexibility index (Phi) is 9.45. The van der Waals surface area contributed by atoms with Crippen molar-refractivity contribution in [2.45, 2.75) is 124 Å². The summed E-state index contributed by atoms with van der Waals surface area (Å²) in [5, 5.41) is 12.7. The van der Waals surface area contributed by atoms with Crippen LogP contribution in [0.3, 0.4) is 0 Å². The molecule has 0 unspecified atom stereocenters. The Balaban J connectivity index is 1.64. The Labute approximate surface area is 281 Å². The molecule has 5 rings (SSSR count). The van der Waals surface area contributed by atoms with E-state index in [0.717, 1.165) is 51.6 Å². The van der Waals surface area contributed by atoms with Gasteiger partial charge >= 0.3 is 12.2 Å². The first-order valence-electron chi connectivity index (χ1n) is 17.4. The number of hydrogen-bond donors (Lipinski definition) is 1. The van der Waals surface area contributed by atoms with E-state index in [1.807, 2.05) is 40.0 Å². The minimum atomic E-state index is -2.10. The van der Waals surface area contributed by atoms with Gasteiger partial charge < -0.3 is 19.0 Å². The van der Waals surface area contributed by atoms with E-state index in [1.54, 1.807) is 4.90 Å². The van der Waals surface area contributed by atoms with Gasteiger partial charge in [0.2, 0.25) is 0 Å². The van der Waals surface area contributed by atoms with E-state index in [9.17, 15) is 14.7 Å². The molecule has 1 fully saturated rings. The summed E-state index contributed by atoms with van der Waals surface area (Å²) in [4.78, 5) is 32.6. The zero-order valence-corrected chi connectivity index (χ0v) is 31.3. The number of carbonyl (C=O) groups is 2. The van der Waals surface area contributed by atoms with Crippen LogP contribution in [0.2, 0.25) is 16.6 Å². The number of hydrogen-bond acceptors (Lipinski definition) is 4. The topological polar surface area (TPSA) is 89.6 Å². The highest BCUT2D eigenvalue weighted by molar-refractivity contribution is 6.82. The van der Waals surface area contributed by atoms with Crippen LogP contribution in [0.4, 0.5) is 9.59 Å². The summed E-state index contributed by atoms with van der Waals surface area (Å²) in [6, 6.07) is 8.44. The number of ether oxygens (including phenoxy) is 1. The van der Waals surface area contributed by atoms with Gasteiger partial charge in [-0.2, -0.15) is 0 Å². The van der Waals surface area contributed by atoms with E-state index in [1.165, 1.54) is 10.1 Å². The van der Waals surface area contributed by atoms with E-state index in [4.69, 9.17) is 9.72 Å². The molecule has 1 saturated heterocycles. The number of nitrogens with zero attached hydrogens (tertiary/aromatic N) is 4. The Bertz CT molecular complexity index is 1780. The maximum atomic E-state index is 13.1. The summed E-state index contributed by atoms with van der Waals surface area (Å²) in [6.07, 6.45) is 5.29. The van der Waals surface area contributed by atoms with Crippen LogP contribution in [0.25, 0.3) is 33.2 Å². The zero-order chi connectivity index (χ0) is 34.6. The van der Waals surface area contributed by atoms with Gasteiger partial charge in [-0.15, -0.1) is 0 Å². The molecule has 1 aliphatic rings. The number of benzene rings is 1. The smallest absolute Gasteiger partial charge is 0.416 e. The maximum Gasteiger partial charge on any atom is 0.416 e. The third-order valence-corrected chi connectivity index (χ3v) is 17.3. The van der Waals surface area contributed by atoms with Gasteiger partial charge in [-0.1, -0.05) is 54.5 Å². The number of rotatable bonds is 7. The van der Waals surface area contributed by atoms with Crippen LogP contribution in [-0.4, -0.2) is 62.9 Å². The van der Waals surface area contributed by atoms with Crippen LogP contribution in [0, 0.1) is 6.92 Å². The average molecular weight is 659 g/mol. The lowest BCUT2D eigenvalue weighted by Crippen LogP contribution is -2.51. The van der Waals surface area contributed by atoms with Gasteiger partial charge in [0.25, 0.3) is 0 Å². The van der Waals surface area contributed by atoms with E-state index in [-0.39, 0.29) is 12.0 Å². The summed E-state index contributed by atoms with van der Waals surface area (Å²) in [5.41, 5.74) is 7.53. The van der Waals surface area contributed by atoms with E-state index in [0.29, 0.717) is 41.7 Å². The molecule has 0 aliphatic carbocycles. The lowest BCUT2D eigenvalue weighted by Gasteiger charge is -2.44. The Morgan fingerprint density at radius 1 is 1.00 bits per heavy atom. The highest BCUT2D eigenvalue weighted by Crippen LogP contribution is 2.46. The number of likely N-dealkylation sites (tertiary alicyclic amines) is 1. The normalized spacial score (nSPS) is 15.1. The van der Waals surface area contributed by atoms with Crippen molar-refractivity contribution in [3.8, 4) is 11.3 Å². The van der Waals surface area contributed by atoms with Crippen molar-refractivity contribution in [1.29, 1.82) is 0 Å². The number of carbonyl (C=O) groups excluding carboxylic acids is 1. The van der Waals surface area contributed by atoms with Gasteiger partial charge in [0.15, 0.2) is 8.24 Å². The van der Waals surface area contributed by atoms with Crippen molar-refractivity contribution in [3.63, 3.8) is 0 Å². The van der Waals surface area contributed by atoms with E-state index in [2.05, 4.69) is 77.1 Å². The van der Waals surface area contributed by atoms with Crippen LogP contribution in [0.5, 0.6) is 0 Å². The number of aryl methyl sites for hydroxylation is 2. The molecular weight excluding hydrogens is 605 g/mol. The highest BCUT2D eigenvalue weighted by Gasteiger charge is 2.46. The third-order valence-electron chi connectivity index (χ3n) is 10.6. The molecule has 0 atom stereocenters. The van der Waals surface area contributed by atoms with Gasteiger partial charge in [-0.3, -0.25) is 0 Å². The molecule has 1 aliphatic heterocycles. The first kappa shape index (κ1) is 34.7. The van der Waals surface area contributed by atoms with Gasteiger partial charge in [-0.05, 0) is 111 Å². The Hall–Kier alpha value is -3.59. The predicted octanol–water partition coefficient (Wildman–Crippen LogP) is 10.2. The second kappa shape index (κ2) is 12.8. The molecule has 3 aromatic heterocycles. The van der Waals surface area contributed by atoms with Crippen molar-refractivity contribution >= 4 is 42.4 Å². The van der Waals surface area contributed by atoms with Crippen molar-refractivity contribution in [1.82, 2.24) is 18.7 Å². The monoisotopic (exact) mass is 658 g/mol. The van der Waals surface area contributed by atoms with Gasteiger partial charge in [0, 0.05) is 35.6 Å². The zero-order valence-electron chi connectivity index (χ0n) is 30.3. The molecule has 0 spiro atoms. The molecule has 0 saturated carbocycles. The first-order valence-corrected chi connectivity index (χ1v) is 19.6. The Morgan fingerprint density at radius 2 is 1.62 bits per heavy atom. The summed E-state index contributed by atoms with van der Waals surface area (Å²) in [7, 11) is -2.10. The highest BCUT2D eigenvalue weighted by atomic mass is 28.3. The summed E-state index contributed by atoms with van der Waals surface area (Å²) >= 11 is 0. The fourth-order valence-electron chi connectivity index (χ4n) is 8.82. The van der Waals surface area contributed by atoms with Crippen molar-refractivity contribution in [2.24, 2.45) is 0 Å². The lowest BCUT2D eigenvalue weighted by molar-refractivity contribution is 0.0205. The molecule has 254 valence electrons. The first-order chi connectivity index (χ1) is 22.0. The van der Waals surface area contributed by atoms with Crippen LogP contribution in [0.1, 0.15) is 105 Å². The van der Waals surface area contributed by atoms with Gasteiger partial charge in [-0.25, -0.2) is 19.1 Å². The third kappa shape index (κ3) is 5.89. The molecule has 4 heterocycles. The fraction of sp³-hybridized carbons (Fsp3) is 0.553. The van der Waals surface area contributed by atoms with Crippen molar-refractivity contribution in [2.75, 3.05) is 13.1 Å². The number of piperidine rings is 1. The minimum absolute atomic E-state index is 0.259. The second-order valence-electron chi connectivity index (χ2n) is 15.4. The largest absolute Gasteiger partial charge is 0.464 e. The molecule has 8 nitrogen and oxygen atoms in total. The number of carboxylic acid groups (broad SMARTS) is 1. The fourth-order valence-corrected chi connectivity index (χ4v) is 15.4. The molecule has 1 N–H and O–H groups in total. The Morgan fingerprint density at radius 3 is 2.15 bits per heavy atom. The minimum Gasteiger partial charge on any atom is -0.464 e. The summed E-state index contributed by atoms with van der Waals surface area (Å²) in [5.74, 6) is 0.281. The van der Waals surface area contributed by atoms with Crippen LogP contribution in [0.15, 0.2) is 36.7 Å². The van der Waals surface area contributed by atoms with Gasteiger partial charge in [0.05, 0.1) is 11.2 Å². The molecule has 47 heavy (non-hydrogen) atoms. The number of pyridine rings is 1. The number of fused-ring (bicyclic) bond motifs is 2. The lowest BCUT2D eigenvalue weighted by atomic mass is 9.88. The predicted molar refractivity (Wildman–Crippen MR) is 194 cm³/mol. The maximum absolute atomic E-state index is 13.1. The quantitative estimate of drug-likeness (QED) is 0.200. The summed E-state index contributed by atoms with van der Waals surface area (Å²) < 4.78 is 9.61. The van der Waals surface area contributed by atoms with Crippen LogP contribution < -0.4 is 0 Å². The number of amides is 1. The van der Waals surface area contributed by atoms with E-state index < -0.39 is 19.9 Å². The average Bonchev–Trinajstić information content (AvgIpc) is 3.55. The second-order valence-corrected chi connectivity index (χ2v) is 21.1. The molecule has 1 amide bonds. The number of aromatic nitrogens is 3. The molecular formula is C38H54N4O4Si. The standard InChI is InChI=1S/C38H54N4O4Si/c1-12-29-31-21-28(27-15-18-40(19-16-27)37(45)46-38(9,10)11)13-14-32(31)42(36(43)44)34(29)33-26(8)22-39-35-30(33)17-20-41(35)47(23(2)3,24(4)5)25(6)7/h13-14,17,20-25,27H,12,15-16,18-19H2,1-11H3,(H,43,44). The van der Waals surface area contributed by atoms with Gasteiger partial charge in [0.1, 0.15) is 11.2 Å².